The summed E-state index contributed by atoms with van der Waals surface area (Å²) in [6.07, 6.45) is -4.50. The van der Waals surface area contributed by atoms with Crippen LogP contribution < -0.4 is 10.6 Å². The van der Waals surface area contributed by atoms with Crippen molar-refractivity contribution in [3.63, 3.8) is 0 Å². The van der Waals surface area contributed by atoms with E-state index in [-0.39, 0.29) is 23.0 Å². The first-order valence-electron chi connectivity index (χ1n) is 7.99. The smallest absolute Gasteiger partial charge is 0.416 e. The molecule has 11 heteroatoms. The summed E-state index contributed by atoms with van der Waals surface area (Å²) >= 11 is 0. The van der Waals surface area contributed by atoms with Crippen LogP contribution in [0.1, 0.15) is 47.2 Å². The number of alkyl halides is 3. The molecule has 0 fully saturated rings. The molecule has 2 aromatic rings. The zero-order chi connectivity index (χ0) is 21.1. The average Bonchev–Trinajstić information content (AvgIpc) is 3.01. The number of anilines is 1. The highest BCUT2D eigenvalue weighted by Gasteiger charge is 2.30. The van der Waals surface area contributed by atoms with Gasteiger partial charge in [-0.25, -0.2) is 9.79 Å². The van der Waals surface area contributed by atoms with Gasteiger partial charge in [-0.1, -0.05) is 0 Å². The van der Waals surface area contributed by atoms with Crippen molar-refractivity contribution in [3.8, 4) is 0 Å². The van der Waals surface area contributed by atoms with E-state index in [9.17, 15) is 22.8 Å². The lowest BCUT2D eigenvalue weighted by atomic mass is 10.1. The second kappa shape index (κ2) is 7.71. The summed E-state index contributed by atoms with van der Waals surface area (Å²) in [6.45, 7) is 5.27. The summed E-state index contributed by atoms with van der Waals surface area (Å²) in [7, 11) is 0. The zero-order valence-corrected chi connectivity index (χ0v) is 15.2. The highest BCUT2D eigenvalue weighted by Crippen LogP contribution is 2.29. The Hall–Kier alpha value is -3.37. The summed E-state index contributed by atoms with van der Waals surface area (Å²) < 4.78 is 37.9. The lowest BCUT2D eigenvalue weighted by molar-refractivity contribution is -0.137. The van der Waals surface area contributed by atoms with Crippen molar-refractivity contribution in [3.05, 3.63) is 47.2 Å². The van der Waals surface area contributed by atoms with Crippen LogP contribution in [-0.4, -0.2) is 38.7 Å². The minimum absolute atomic E-state index is 0.00957. The van der Waals surface area contributed by atoms with Crippen molar-refractivity contribution < 1.29 is 27.9 Å². The lowest BCUT2D eigenvalue weighted by Gasteiger charge is -2.17. The van der Waals surface area contributed by atoms with Crippen molar-refractivity contribution >= 4 is 23.7 Å². The highest BCUT2D eigenvalue weighted by atomic mass is 19.4. The molecule has 0 bridgehead atoms. The van der Waals surface area contributed by atoms with E-state index in [0.717, 1.165) is 24.3 Å². The molecule has 0 aliphatic rings. The van der Waals surface area contributed by atoms with E-state index in [2.05, 4.69) is 25.8 Å². The molecule has 1 aromatic carbocycles. The number of halogens is 3. The van der Waals surface area contributed by atoms with Crippen LogP contribution in [0.15, 0.2) is 35.3 Å². The fourth-order valence-electron chi connectivity index (χ4n) is 2.03. The molecule has 8 nitrogen and oxygen atoms in total. The Bertz CT molecular complexity index is 896. The van der Waals surface area contributed by atoms with Crippen molar-refractivity contribution in [1.29, 1.82) is 0 Å². The SMILES string of the molecule is CC(C)(C)N=C(NC(=O)c1ccc(C(F)(F)F)cc1)Nc1cc(C(=O)O)[nH]n1. The minimum atomic E-state index is -4.50. The number of aromatic amines is 1. The molecular formula is C17H18F3N5O3. The number of benzene rings is 1. The Balaban J connectivity index is 2.21. The Morgan fingerprint density at radius 3 is 2.21 bits per heavy atom. The van der Waals surface area contributed by atoms with Gasteiger partial charge in [0.2, 0.25) is 5.96 Å². The van der Waals surface area contributed by atoms with Gasteiger partial charge < -0.3 is 10.4 Å². The Labute approximate surface area is 157 Å². The van der Waals surface area contributed by atoms with E-state index in [4.69, 9.17) is 5.11 Å². The van der Waals surface area contributed by atoms with Crippen LogP contribution in [0.2, 0.25) is 0 Å². The molecule has 0 saturated carbocycles. The molecule has 150 valence electrons. The van der Waals surface area contributed by atoms with Crippen molar-refractivity contribution in [1.82, 2.24) is 15.5 Å². The van der Waals surface area contributed by atoms with Gasteiger partial charge in [0.1, 0.15) is 5.69 Å². The van der Waals surface area contributed by atoms with Crippen LogP contribution in [0.5, 0.6) is 0 Å². The molecular weight excluding hydrogens is 379 g/mol. The molecule has 28 heavy (non-hydrogen) atoms. The van der Waals surface area contributed by atoms with Gasteiger partial charge in [0.25, 0.3) is 5.91 Å². The van der Waals surface area contributed by atoms with E-state index in [1.165, 1.54) is 6.07 Å². The summed E-state index contributed by atoms with van der Waals surface area (Å²) in [5, 5.41) is 20.1. The molecule has 0 unspecified atom stereocenters. The number of carboxylic acid groups (broad SMARTS) is 1. The van der Waals surface area contributed by atoms with Gasteiger partial charge in [-0.15, -0.1) is 0 Å². The Morgan fingerprint density at radius 2 is 1.75 bits per heavy atom. The Morgan fingerprint density at radius 1 is 1.14 bits per heavy atom. The van der Waals surface area contributed by atoms with E-state index in [1.54, 1.807) is 20.8 Å². The second-order valence-corrected chi connectivity index (χ2v) is 6.76. The Kier molecular flexibility index (Phi) is 5.76. The number of aromatic carboxylic acids is 1. The quantitative estimate of drug-likeness (QED) is 0.469. The molecule has 0 radical (unpaired) electrons. The summed E-state index contributed by atoms with van der Waals surface area (Å²) in [6, 6.07) is 4.89. The predicted octanol–water partition coefficient (Wildman–Crippen LogP) is 3.12. The van der Waals surface area contributed by atoms with Gasteiger partial charge in [-0.3, -0.25) is 15.2 Å². The van der Waals surface area contributed by atoms with Crippen molar-refractivity contribution in [2.45, 2.75) is 32.5 Å². The standard InChI is InChI=1S/C17H18F3N5O3/c1-16(2,3)23-15(21-12-8-11(14(27)28)24-25-12)22-13(26)9-4-6-10(7-5-9)17(18,19)20/h4-8H,1-3H3,(H,27,28)(H3,21,22,23,24,25,26). The maximum Gasteiger partial charge on any atom is 0.416 e. The largest absolute Gasteiger partial charge is 0.477 e. The number of hydrogen-bond donors (Lipinski definition) is 4. The third kappa shape index (κ3) is 5.83. The third-order valence-electron chi connectivity index (χ3n) is 3.21. The van der Waals surface area contributed by atoms with Crippen LogP contribution in [0, 0.1) is 0 Å². The van der Waals surface area contributed by atoms with Crippen LogP contribution in [-0.2, 0) is 6.18 Å². The molecule has 0 aliphatic heterocycles. The third-order valence-corrected chi connectivity index (χ3v) is 3.21. The fraction of sp³-hybridized carbons (Fsp3) is 0.294. The van der Waals surface area contributed by atoms with Gasteiger partial charge in [-0.05, 0) is 45.0 Å². The first-order valence-corrected chi connectivity index (χ1v) is 7.99. The van der Waals surface area contributed by atoms with E-state index < -0.39 is 29.2 Å². The number of carboxylic acids is 1. The maximum atomic E-state index is 12.6. The summed E-state index contributed by atoms with van der Waals surface area (Å²) in [5.41, 5.74) is -1.68. The molecule has 2 rings (SSSR count). The summed E-state index contributed by atoms with van der Waals surface area (Å²) in [4.78, 5) is 27.6. The number of nitrogens with zero attached hydrogens (tertiary/aromatic N) is 2. The van der Waals surface area contributed by atoms with Crippen LogP contribution >= 0.6 is 0 Å². The minimum Gasteiger partial charge on any atom is -0.477 e. The average molecular weight is 397 g/mol. The zero-order valence-electron chi connectivity index (χ0n) is 15.2. The first-order chi connectivity index (χ1) is 12.8. The van der Waals surface area contributed by atoms with Crippen LogP contribution in [0.3, 0.4) is 0 Å². The number of carbonyl (C=O) groups is 2. The second-order valence-electron chi connectivity index (χ2n) is 6.76. The summed E-state index contributed by atoms with van der Waals surface area (Å²) in [5.74, 6) is -1.86. The topological polar surface area (TPSA) is 119 Å². The predicted molar refractivity (Wildman–Crippen MR) is 95.3 cm³/mol. The van der Waals surface area contributed by atoms with Crippen LogP contribution in [0.4, 0.5) is 19.0 Å². The maximum absolute atomic E-state index is 12.6. The number of carbonyl (C=O) groups excluding carboxylic acids is 1. The van der Waals surface area contributed by atoms with E-state index >= 15 is 0 Å². The van der Waals surface area contributed by atoms with Gasteiger partial charge in [-0.2, -0.15) is 18.3 Å². The molecule has 1 amide bonds. The number of rotatable bonds is 3. The van der Waals surface area contributed by atoms with Crippen molar-refractivity contribution in [2.24, 2.45) is 4.99 Å². The molecule has 0 saturated heterocycles. The van der Waals surface area contributed by atoms with Gasteiger partial charge in [0.05, 0.1) is 11.1 Å². The molecule has 1 aromatic heterocycles. The number of nitrogens with one attached hydrogen (secondary N) is 3. The lowest BCUT2D eigenvalue weighted by Crippen LogP contribution is -2.38. The highest BCUT2D eigenvalue weighted by molar-refractivity contribution is 6.10. The molecule has 0 atom stereocenters. The van der Waals surface area contributed by atoms with Gasteiger partial charge in [0.15, 0.2) is 5.82 Å². The number of aliphatic imine (C=N–C) groups is 1. The van der Waals surface area contributed by atoms with E-state index in [0.29, 0.717) is 0 Å². The van der Waals surface area contributed by atoms with E-state index in [1.807, 2.05) is 0 Å². The number of amides is 1. The number of H-pyrrole nitrogens is 1. The van der Waals surface area contributed by atoms with Gasteiger partial charge >= 0.3 is 12.1 Å². The monoisotopic (exact) mass is 397 g/mol. The first kappa shape index (κ1) is 20.9. The molecule has 4 N–H and O–H groups in total. The van der Waals surface area contributed by atoms with Gasteiger partial charge in [0, 0.05) is 11.6 Å². The molecule has 0 spiro atoms. The van der Waals surface area contributed by atoms with Crippen molar-refractivity contribution in [2.75, 3.05) is 5.32 Å². The molecule has 0 aliphatic carbocycles. The van der Waals surface area contributed by atoms with Crippen LogP contribution in [0.25, 0.3) is 0 Å². The molecule has 1 heterocycles. The number of guanidine groups is 1. The number of aromatic nitrogens is 2. The fourth-order valence-corrected chi connectivity index (χ4v) is 2.03. The normalized spacial score (nSPS) is 12.6. The number of hydrogen-bond acceptors (Lipinski definition) is 4.